The molecule has 0 amide bonds. The second kappa shape index (κ2) is 10.3. The van der Waals surface area contributed by atoms with Crippen molar-refractivity contribution in [3.63, 3.8) is 0 Å². The molecule has 0 spiro atoms. The molecule has 5 rings (SSSR count). The molecule has 0 unspecified atom stereocenters. The Kier molecular flexibility index (Phi) is 6.81. The Labute approximate surface area is 231 Å². The number of aryl methyl sites for hydroxylation is 4. The number of aromatic hydroxyl groups is 3. The van der Waals surface area contributed by atoms with E-state index < -0.39 is 17.0 Å². The molecule has 0 radical (unpaired) electrons. The summed E-state index contributed by atoms with van der Waals surface area (Å²) >= 11 is 0. The summed E-state index contributed by atoms with van der Waals surface area (Å²) in [5.41, 5.74) is 2.92. The van der Waals surface area contributed by atoms with E-state index in [2.05, 4.69) is 0 Å². The summed E-state index contributed by atoms with van der Waals surface area (Å²) in [7, 11) is 0. The fraction of sp³-hybridized carbons (Fsp3) is 0.152. The van der Waals surface area contributed by atoms with Gasteiger partial charge in [0.1, 0.15) is 17.2 Å². The first-order valence-electron chi connectivity index (χ1n) is 12.9. The first-order valence-corrected chi connectivity index (χ1v) is 12.9. The van der Waals surface area contributed by atoms with Gasteiger partial charge in [0.25, 0.3) is 11.1 Å². The number of aromatic nitrogens is 2. The number of para-hydroxylation sites is 1. The normalized spacial score (nSPS) is 11.2. The maximum absolute atomic E-state index is 14.2. The molecular formula is C33H30N2O5. The summed E-state index contributed by atoms with van der Waals surface area (Å²) in [4.78, 5) is 28.4. The standard InChI is InChI=1S/C33H30N2O5/c1-19-9-13-23(14-10-19)34-21(3)17-27(37)30(32(34)39)29(25-7-5-6-8-26(25)36)31-28(38)18-22(4)35(33(31)40)24-15-11-20(2)12-16-24/h5-18,29,36-38H,1-4H3. The maximum atomic E-state index is 14.2. The molecule has 0 fully saturated rings. The predicted molar refractivity (Wildman–Crippen MR) is 155 cm³/mol. The SMILES string of the molecule is Cc1ccc(-n2c(C)cc(O)c(C(c3ccccc3O)c3c(O)cc(C)n(-c4ccc(C)cc4)c3=O)c2=O)cc1. The molecule has 2 heterocycles. The largest absolute Gasteiger partial charge is 0.508 e. The van der Waals surface area contributed by atoms with Gasteiger partial charge in [0.15, 0.2) is 0 Å². The smallest absolute Gasteiger partial charge is 0.263 e. The third-order valence-corrected chi connectivity index (χ3v) is 7.22. The van der Waals surface area contributed by atoms with Crippen molar-refractivity contribution in [1.82, 2.24) is 9.13 Å². The van der Waals surface area contributed by atoms with Gasteiger partial charge in [-0.3, -0.25) is 18.7 Å². The van der Waals surface area contributed by atoms with Crippen LogP contribution in [-0.2, 0) is 0 Å². The van der Waals surface area contributed by atoms with Crippen molar-refractivity contribution in [2.75, 3.05) is 0 Å². The lowest BCUT2D eigenvalue weighted by Gasteiger charge is -2.24. The maximum Gasteiger partial charge on any atom is 0.263 e. The molecule has 3 aromatic carbocycles. The number of phenols is 1. The Morgan fingerprint density at radius 1 is 0.550 bits per heavy atom. The van der Waals surface area contributed by atoms with Gasteiger partial charge in [-0.05, 0) is 58.0 Å². The molecular weight excluding hydrogens is 504 g/mol. The molecule has 0 aliphatic carbocycles. The number of nitrogens with zero attached hydrogens (tertiary/aromatic N) is 2. The van der Waals surface area contributed by atoms with E-state index in [0.29, 0.717) is 22.8 Å². The van der Waals surface area contributed by atoms with Gasteiger partial charge in [-0.25, -0.2) is 0 Å². The molecule has 3 N–H and O–H groups in total. The van der Waals surface area contributed by atoms with E-state index in [1.807, 2.05) is 38.1 Å². The number of hydrogen-bond donors (Lipinski definition) is 3. The summed E-state index contributed by atoms with van der Waals surface area (Å²) in [5.74, 6) is -2.16. The predicted octanol–water partition coefficient (Wildman–Crippen LogP) is 5.52. The molecule has 0 aliphatic rings. The third-order valence-electron chi connectivity index (χ3n) is 7.22. The molecule has 5 aromatic rings. The first-order chi connectivity index (χ1) is 19.1. The van der Waals surface area contributed by atoms with Crippen molar-refractivity contribution >= 4 is 0 Å². The Morgan fingerprint density at radius 3 is 1.35 bits per heavy atom. The number of pyridine rings is 2. The van der Waals surface area contributed by atoms with E-state index >= 15 is 0 Å². The molecule has 7 heteroatoms. The number of phenolic OH excluding ortho intramolecular Hbond substituents is 1. The molecule has 0 bridgehead atoms. The Morgan fingerprint density at radius 2 is 0.950 bits per heavy atom. The van der Waals surface area contributed by atoms with Crippen LogP contribution in [0, 0.1) is 27.7 Å². The van der Waals surface area contributed by atoms with Crippen LogP contribution in [0.4, 0.5) is 0 Å². The van der Waals surface area contributed by atoms with Gasteiger partial charge in [0.05, 0.1) is 17.0 Å². The van der Waals surface area contributed by atoms with Gasteiger partial charge in [-0.1, -0.05) is 53.6 Å². The highest BCUT2D eigenvalue weighted by Crippen LogP contribution is 2.41. The first kappa shape index (κ1) is 26.6. The van der Waals surface area contributed by atoms with Crippen molar-refractivity contribution in [3.8, 4) is 28.6 Å². The van der Waals surface area contributed by atoms with E-state index in [0.717, 1.165) is 11.1 Å². The lowest BCUT2D eigenvalue weighted by Crippen LogP contribution is -2.31. The van der Waals surface area contributed by atoms with E-state index in [9.17, 15) is 24.9 Å². The van der Waals surface area contributed by atoms with Gasteiger partial charge < -0.3 is 15.3 Å². The zero-order chi connectivity index (χ0) is 28.7. The summed E-state index contributed by atoms with van der Waals surface area (Å²) in [5, 5.41) is 33.4. The highest BCUT2D eigenvalue weighted by Gasteiger charge is 2.33. The van der Waals surface area contributed by atoms with Crippen LogP contribution < -0.4 is 11.1 Å². The van der Waals surface area contributed by atoms with Crippen LogP contribution in [0.2, 0.25) is 0 Å². The quantitative estimate of drug-likeness (QED) is 0.275. The third kappa shape index (κ3) is 4.56. The monoisotopic (exact) mass is 534 g/mol. The van der Waals surface area contributed by atoms with Crippen LogP contribution in [0.15, 0.2) is 94.5 Å². The molecule has 2 aromatic heterocycles. The van der Waals surface area contributed by atoms with Crippen molar-refractivity contribution < 1.29 is 15.3 Å². The minimum absolute atomic E-state index is 0.139. The van der Waals surface area contributed by atoms with Gasteiger partial charge in [-0.15, -0.1) is 0 Å². The average molecular weight is 535 g/mol. The van der Waals surface area contributed by atoms with Crippen LogP contribution in [0.1, 0.15) is 45.1 Å². The number of benzene rings is 3. The van der Waals surface area contributed by atoms with E-state index in [-0.39, 0.29) is 33.9 Å². The molecule has 0 atom stereocenters. The zero-order valence-electron chi connectivity index (χ0n) is 22.7. The molecule has 7 nitrogen and oxygen atoms in total. The van der Waals surface area contributed by atoms with Gasteiger partial charge >= 0.3 is 0 Å². The van der Waals surface area contributed by atoms with Gasteiger partial charge in [0.2, 0.25) is 0 Å². The Hall–Kier alpha value is -5.04. The van der Waals surface area contributed by atoms with Crippen molar-refractivity contribution in [3.05, 3.63) is 145 Å². The van der Waals surface area contributed by atoms with E-state index in [4.69, 9.17) is 0 Å². The van der Waals surface area contributed by atoms with E-state index in [1.54, 1.807) is 56.3 Å². The number of rotatable bonds is 5. The van der Waals surface area contributed by atoms with Crippen LogP contribution in [-0.4, -0.2) is 24.5 Å². The van der Waals surface area contributed by atoms with Crippen molar-refractivity contribution in [2.45, 2.75) is 33.6 Å². The molecule has 0 saturated carbocycles. The second-order valence-corrected chi connectivity index (χ2v) is 10.1. The summed E-state index contributed by atoms with van der Waals surface area (Å²) in [6, 6.07) is 23.9. The molecule has 0 saturated heterocycles. The lowest BCUT2D eigenvalue weighted by atomic mass is 9.84. The fourth-order valence-corrected chi connectivity index (χ4v) is 5.22. The topological polar surface area (TPSA) is 105 Å². The minimum Gasteiger partial charge on any atom is -0.508 e. The number of hydrogen-bond acceptors (Lipinski definition) is 5. The van der Waals surface area contributed by atoms with Crippen LogP contribution in [0.25, 0.3) is 11.4 Å². The summed E-state index contributed by atoms with van der Waals surface area (Å²) in [6.45, 7) is 7.28. The highest BCUT2D eigenvalue weighted by atomic mass is 16.3. The van der Waals surface area contributed by atoms with Gasteiger partial charge in [0, 0.05) is 40.5 Å². The van der Waals surface area contributed by atoms with E-state index in [1.165, 1.54) is 27.3 Å². The summed E-state index contributed by atoms with van der Waals surface area (Å²) in [6.07, 6.45) is 0. The molecule has 0 aliphatic heterocycles. The average Bonchev–Trinajstić information content (AvgIpc) is 2.90. The fourth-order valence-electron chi connectivity index (χ4n) is 5.22. The lowest BCUT2D eigenvalue weighted by molar-refractivity contribution is 0.446. The van der Waals surface area contributed by atoms with Crippen LogP contribution in [0.3, 0.4) is 0 Å². The zero-order valence-corrected chi connectivity index (χ0v) is 22.7. The van der Waals surface area contributed by atoms with Crippen molar-refractivity contribution in [1.29, 1.82) is 0 Å². The summed E-state index contributed by atoms with van der Waals surface area (Å²) < 4.78 is 2.90. The Bertz CT molecular complexity index is 1730. The Balaban J connectivity index is 1.88. The van der Waals surface area contributed by atoms with Gasteiger partial charge in [-0.2, -0.15) is 0 Å². The van der Waals surface area contributed by atoms with Crippen LogP contribution in [0.5, 0.6) is 17.2 Å². The molecule has 40 heavy (non-hydrogen) atoms. The van der Waals surface area contributed by atoms with Crippen LogP contribution >= 0.6 is 0 Å². The van der Waals surface area contributed by atoms with Crippen molar-refractivity contribution in [2.24, 2.45) is 0 Å². The molecule has 202 valence electrons. The highest BCUT2D eigenvalue weighted by molar-refractivity contribution is 5.57. The minimum atomic E-state index is -1.28. The second-order valence-electron chi connectivity index (χ2n) is 10.1.